The Morgan fingerprint density at radius 2 is 2.21 bits per heavy atom. The highest BCUT2D eigenvalue weighted by molar-refractivity contribution is 6.05. The largest absolute Gasteiger partial charge is 0.370 e. The number of nitrogens with zero attached hydrogens (tertiary/aromatic N) is 1. The Bertz CT molecular complexity index is 549. The van der Waals surface area contributed by atoms with Crippen molar-refractivity contribution in [3.8, 4) is 0 Å². The lowest BCUT2D eigenvalue weighted by Crippen LogP contribution is -2.36. The summed E-state index contributed by atoms with van der Waals surface area (Å²) < 4.78 is 0. The molecule has 0 aromatic carbocycles. The summed E-state index contributed by atoms with van der Waals surface area (Å²) in [6.45, 7) is 6.19. The zero-order chi connectivity index (χ0) is 14.2. The molecule has 0 fully saturated rings. The highest BCUT2D eigenvalue weighted by atomic mass is 16.1. The normalized spacial score (nSPS) is 16.6. The molecule has 5 nitrogen and oxygen atoms in total. The van der Waals surface area contributed by atoms with Crippen LogP contribution in [0.15, 0.2) is 6.07 Å². The molecule has 0 aliphatic heterocycles. The minimum Gasteiger partial charge on any atom is -0.370 e. The van der Waals surface area contributed by atoms with Crippen LogP contribution in [-0.2, 0) is 11.8 Å². The molecule has 1 aliphatic carbocycles. The molecule has 1 heterocycles. The number of hydrogen-bond donors (Lipinski definition) is 3. The van der Waals surface area contributed by atoms with E-state index >= 15 is 0 Å². The zero-order valence-corrected chi connectivity index (χ0v) is 11.6. The average molecular weight is 260 g/mol. The fraction of sp³-hybridized carbons (Fsp3) is 0.500. The average Bonchev–Trinajstić information content (AvgIpc) is 2.28. The molecule has 0 saturated heterocycles. The van der Waals surface area contributed by atoms with Crippen LogP contribution in [0.4, 0.5) is 0 Å². The Labute approximate surface area is 113 Å². The number of hydrogen-bond acceptors (Lipinski definition) is 3. The zero-order valence-electron chi connectivity index (χ0n) is 11.6. The number of aromatic nitrogens is 1. The van der Waals surface area contributed by atoms with E-state index in [1.165, 1.54) is 0 Å². The van der Waals surface area contributed by atoms with Gasteiger partial charge in [-0.15, -0.1) is 0 Å². The number of fused-ring (bicyclic) bond motifs is 1. The molecule has 0 spiro atoms. The van der Waals surface area contributed by atoms with Gasteiger partial charge in [0.05, 0.1) is 11.3 Å². The highest BCUT2D eigenvalue weighted by Crippen LogP contribution is 2.36. The minimum atomic E-state index is -0.358. The van der Waals surface area contributed by atoms with Crippen molar-refractivity contribution in [2.45, 2.75) is 45.4 Å². The van der Waals surface area contributed by atoms with Crippen molar-refractivity contribution in [3.63, 3.8) is 0 Å². The van der Waals surface area contributed by atoms with Crippen molar-refractivity contribution in [1.29, 1.82) is 5.41 Å². The van der Waals surface area contributed by atoms with Gasteiger partial charge in [0.2, 0.25) is 0 Å². The first-order valence-corrected chi connectivity index (χ1v) is 6.47. The van der Waals surface area contributed by atoms with Gasteiger partial charge in [-0.2, -0.15) is 0 Å². The van der Waals surface area contributed by atoms with Crippen molar-refractivity contribution in [1.82, 2.24) is 10.3 Å². The van der Waals surface area contributed by atoms with E-state index in [1.807, 2.05) is 13.0 Å². The third kappa shape index (κ3) is 2.59. The first-order chi connectivity index (χ1) is 8.81. The van der Waals surface area contributed by atoms with Crippen LogP contribution in [0.2, 0.25) is 0 Å². The van der Waals surface area contributed by atoms with Crippen molar-refractivity contribution in [3.05, 3.63) is 28.6 Å². The molecule has 2 rings (SSSR count). The molecule has 19 heavy (non-hydrogen) atoms. The molecule has 5 heteroatoms. The molecule has 1 amide bonds. The maximum atomic E-state index is 12.0. The summed E-state index contributed by atoms with van der Waals surface area (Å²) in [6, 6.07) is 1.90. The SMILES string of the molecule is Cc1nc2c(cc1C(=O)NC(=N)N)CCCC2(C)C. The topological polar surface area (TPSA) is 91.9 Å². The van der Waals surface area contributed by atoms with Crippen LogP contribution >= 0.6 is 0 Å². The van der Waals surface area contributed by atoms with Gasteiger partial charge in [0.25, 0.3) is 5.91 Å². The first kappa shape index (κ1) is 13.5. The Morgan fingerprint density at radius 1 is 1.53 bits per heavy atom. The quantitative estimate of drug-likeness (QED) is 0.529. The predicted molar refractivity (Wildman–Crippen MR) is 74.3 cm³/mol. The molecule has 0 atom stereocenters. The molecule has 0 bridgehead atoms. The fourth-order valence-corrected chi connectivity index (χ4v) is 2.68. The van der Waals surface area contributed by atoms with Crippen LogP contribution in [0.1, 0.15) is 54.0 Å². The number of guanidine groups is 1. The third-order valence-electron chi connectivity index (χ3n) is 3.67. The summed E-state index contributed by atoms with van der Waals surface area (Å²) in [5.41, 5.74) is 8.68. The van der Waals surface area contributed by atoms with E-state index in [-0.39, 0.29) is 17.3 Å². The van der Waals surface area contributed by atoms with E-state index in [0.29, 0.717) is 11.3 Å². The first-order valence-electron chi connectivity index (χ1n) is 6.47. The van der Waals surface area contributed by atoms with E-state index < -0.39 is 0 Å². The van der Waals surface area contributed by atoms with Gasteiger partial charge in [0.1, 0.15) is 0 Å². The lowest BCUT2D eigenvalue weighted by molar-refractivity contribution is 0.0975. The number of aryl methyl sites for hydroxylation is 2. The summed E-state index contributed by atoms with van der Waals surface area (Å²) in [6.07, 6.45) is 3.18. The van der Waals surface area contributed by atoms with Gasteiger partial charge in [-0.05, 0) is 37.8 Å². The lowest BCUT2D eigenvalue weighted by Gasteiger charge is -2.32. The second-order valence-electron chi connectivity index (χ2n) is 5.73. The summed E-state index contributed by atoms with van der Waals surface area (Å²) in [5.74, 6) is -0.703. The molecule has 1 aromatic heterocycles. The van der Waals surface area contributed by atoms with E-state index in [4.69, 9.17) is 11.1 Å². The summed E-state index contributed by atoms with van der Waals surface area (Å²) in [5, 5.41) is 9.43. The Hall–Kier alpha value is -1.91. The van der Waals surface area contributed by atoms with Crippen LogP contribution in [0, 0.1) is 12.3 Å². The van der Waals surface area contributed by atoms with Gasteiger partial charge < -0.3 is 5.73 Å². The maximum Gasteiger partial charge on any atom is 0.259 e. The summed E-state index contributed by atoms with van der Waals surface area (Å²) in [7, 11) is 0. The lowest BCUT2D eigenvalue weighted by atomic mass is 9.75. The minimum absolute atomic E-state index is 0.0634. The molecule has 1 aliphatic rings. The summed E-state index contributed by atoms with van der Waals surface area (Å²) >= 11 is 0. The molecule has 4 N–H and O–H groups in total. The van der Waals surface area contributed by atoms with Gasteiger partial charge in [-0.3, -0.25) is 20.5 Å². The van der Waals surface area contributed by atoms with Gasteiger partial charge in [-0.1, -0.05) is 13.8 Å². The maximum absolute atomic E-state index is 12.0. The van der Waals surface area contributed by atoms with Crippen LogP contribution in [0.3, 0.4) is 0 Å². The Kier molecular flexibility index (Phi) is 3.30. The van der Waals surface area contributed by atoms with E-state index in [2.05, 4.69) is 24.1 Å². The number of amides is 1. The second kappa shape index (κ2) is 4.64. The number of nitrogens with two attached hydrogens (primary N) is 1. The van der Waals surface area contributed by atoms with Crippen LogP contribution in [-0.4, -0.2) is 16.9 Å². The van der Waals surface area contributed by atoms with Crippen LogP contribution in [0.25, 0.3) is 0 Å². The molecule has 0 unspecified atom stereocenters. The van der Waals surface area contributed by atoms with Crippen molar-refractivity contribution < 1.29 is 4.79 Å². The number of carbonyl (C=O) groups excluding carboxylic acids is 1. The predicted octanol–water partition coefficient (Wildman–Crippen LogP) is 1.63. The van der Waals surface area contributed by atoms with Crippen LogP contribution in [0.5, 0.6) is 0 Å². The number of rotatable bonds is 1. The fourth-order valence-electron chi connectivity index (χ4n) is 2.68. The van der Waals surface area contributed by atoms with E-state index in [0.717, 1.165) is 30.5 Å². The van der Waals surface area contributed by atoms with Gasteiger partial charge in [-0.25, -0.2) is 0 Å². The van der Waals surface area contributed by atoms with E-state index in [9.17, 15) is 4.79 Å². The molecule has 0 radical (unpaired) electrons. The van der Waals surface area contributed by atoms with E-state index in [1.54, 1.807) is 0 Å². The number of nitrogens with one attached hydrogen (secondary N) is 2. The second-order valence-corrected chi connectivity index (χ2v) is 5.73. The Balaban J connectivity index is 2.44. The number of pyridine rings is 1. The molecular weight excluding hydrogens is 240 g/mol. The standard InChI is InChI=1S/C14H20N4O/c1-8-10(12(19)18-13(15)16)7-9-5-4-6-14(2,3)11(9)17-8/h7H,4-6H2,1-3H3,(H4,15,16,18,19). The van der Waals surface area contributed by atoms with Crippen LogP contribution < -0.4 is 11.1 Å². The molecular formula is C14H20N4O. The summed E-state index contributed by atoms with van der Waals surface area (Å²) in [4.78, 5) is 16.6. The van der Waals surface area contributed by atoms with Crippen molar-refractivity contribution in [2.24, 2.45) is 5.73 Å². The third-order valence-corrected chi connectivity index (χ3v) is 3.67. The monoisotopic (exact) mass is 260 g/mol. The van der Waals surface area contributed by atoms with Gasteiger partial charge in [0.15, 0.2) is 5.96 Å². The number of carbonyl (C=O) groups is 1. The van der Waals surface area contributed by atoms with Crippen molar-refractivity contribution in [2.75, 3.05) is 0 Å². The van der Waals surface area contributed by atoms with Crippen molar-refractivity contribution >= 4 is 11.9 Å². The molecule has 0 saturated carbocycles. The highest BCUT2D eigenvalue weighted by Gasteiger charge is 2.30. The van der Waals surface area contributed by atoms with Gasteiger partial charge in [0, 0.05) is 11.1 Å². The Morgan fingerprint density at radius 3 is 2.84 bits per heavy atom. The smallest absolute Gasteiger partial charge is 0.259 e. The van der Waals surface area contributed by atoms with Gasteiger partial charge >= 0.3 is 0 Å². The molecule has 102 valence electrons. The molecule has 1 aromatic rings.